The van der Waals surface area contributed by atoms with Crippen LogP contribution in [0.25, 0.3) is 0 Å². The van der Waals surface area contributed by atoms with E-state index in [2.05, 4.69) is 34.0 Å². The van der Waals surface area contributed by atoms with E-state index in [-0.39, 0.29) is 17.9 Å². The Labute approximate surface area is 187 Å². The second-order valence-corrected chi connectivity index (χ2v) is 8.73. The highest BCUT2D eigenvalue weighted by Crippen LogP contribution is 2.46. The van der Waals surface area contributed by atoms with Crippen LogP contribution in [0.15, 0.2) is 16.9 Å². The van der Waals surface area contributed by atoms with Gasteiger partial charge in [0.15, 0.2) is 11.5 Å². The Hall–Kier alpha value is -3.23. The van der Waals surface area contributed by atoms with Crippen LogP contribution in [0.4, 0.5) is 11.8 Å². The van der Waals surface area contributed by atoms with E-state index in [9.17, 15) is 9.59 Å². The molecule has 1 aromatic heterocycles. The number of rotatable bonds is 5. The normalized spacial score (nSPS) is 22.7. The molecule has 2 aromatic rings. The average molecular weight is 443 g/mol. The molecule has 9 nitrogen and oxygen atoms in total. The van der Waals surface area contributed by atoms with Crippen molar-refractivity contribution in [3.05, 3.63) is 33.6 Å². The Morgan fingerprint density at radius 1 is 1.00 bits per heavy atom. The molecule has 0 bridgehead atoms. The number of ether oxygens (including phenoxy) is 3. The minimum Gasteiger partial charge on any atom is -0.493 e. The van der Waals surface area contributed by atoms with E-state index < -0.39 is 5.92 Å². The van der Waals surface area contributed by atoms with Crippen LogP contribution in [-0.4, -0.2) is 50.3 Å². The van der Waals surface area contributed by atoms with Crippen molar-refractivity contribution in [1.29, 1.82) is 0 Å². The maximum atomic E-state index is 13.3. The van der Waals surface area contributed by atoms with Crippen LogP contribution < -0.4 is 30.0 Å². The highest BCUT2D eigenvalue weighted by molar-refractivity contribution is 5.94. The monoisotopic (exact) mass is 442 g/mol. The number of carbonyl (C=O) groups is 1. The number of methoxy groups -OCH3 is 3. The van der Waals surface area contributed by atoms with E-state index in [0.717, 1.165) is 19.5 Å². The maximum Gasteiger partial charge on any atom is 0.258 e. The van der Waals surface area contributed by atoms with Crippen molar-refractivity contribution in [2.75, 3.05) is 44.6 Å². The third-order valence-corrected chi connectivity index (χ3v) is 6.22. The van der Waals surface area contributed by atoms with Gasteiger partial charge in [-0.1, -0.05) is 19.9 Å². The number of carbonyl (C=O) groups excluding carboxylic acids is 1. The van der Waals surface area contributed by atoms with Gasteiger partial charge in [0.1, 0.15) is 5.82 Å². The molecule has 4 rings (SSSR count). The Balaban J connectivity index is 1.81. The van der Waals surface area contributed by atoms with E-state index in [4.69, 9.17) is 14.2 Å². The van der Waals surface area contributed by atoms with Gasteiger partial charge >= 0.3 is 0 Å². The Morgan fingerprint density at radius 3 is 2.31 bits per heavy atom. The fourth-order valence-corrected chi connectivity index (χ4v) is 5.01. The highest BCUT2D eigenvalue weighted by atomic mass is 16.5. The molecule has 2 N–H and O–H groups in total. The van der Waals surface area contributed by atoms with Crippen LogP contribution in [0.1, 0.15) is 43.7 Å². The molecule has 0 saturated carbocycles. The first-order valence-electron chi connectivity index (χ1n) is 10.8. The van der Waals surface area contributed by atoms with E-state index in [1.807, 2.05) is 0 Å². The summed E-state index contributed by atoms with van der Waals surface area (Å²) in [4.78, 5) is 35.6. The lowest BCUT2D eigenvalue weighted by atomic mass is 9.86. The molecule has 3 unspecified atom stereocenters. The lowest BCUT2D eigenvalue weighted by molar-refractivity contribution is -0.116. The average Bonchev–Trinajstić information content (AvgIpc) is 2.76. The van der Waals surface area contributed by atoms with Gasteiger partial charge in [-0.05, 0) is 24.3 Å². The SMILES string of the molecule is COc1ccc(C2CC(=O)Nc3nc(N4CC(C)CC(C)C4)[nH]c(=O)c32)c(OC)c1OC. The summed E-state index contributed by atoms with van der Waals surface area (Å²) >= 11 is 0. The fraction of sp³-hybridized carbons (Fsp3) is 0.522. The van der Waals surface area contributed by atoms with Crippen LogP contribution in [-0.2, 0) is 4.79 Å². The van der Waals surface area contributed by atoms with Crippen molar-refractivity contribution in [3.8, 4) is 17.2 Å². The molecule has 0 spiro atoms. The highest BCUT2D eigenvalue weighted by Gasteiger charge is 2.35. The zero-order chi connectivity index (χ0) is 23.0. The van der Waals surface area contributed by atoms with Gasteiger partial charge < -0.3 is 24.4 Å². The first-order valence-corrected chi connectivity index (χ1v) is 10.8. The molecule has 3 heterocycles. The number of aromatic nitrogens is 2. The maximum absolute atomic E-state index is 13.3. The number of nitrogens with one attached hydrogen (secondary N) is 2. The first kappa shape index (κ1) is 22.0. The summed E-state index contributed by atoms with van der Waals surface area (Å²) in [5.41, 5.74) is 0.816. The predicted molar refractivity (Wildman–Crippen MR) is 121 cm³/mol. The summed E-state index contributed by atoms with van der Waals surface area (Å²) in [7, 11) is 4.58. The van der Waals surface area contributed by atoms with Crippen LogP contribution in [0.5, 0.6) is 17.2 Å². The molecule has 32 heavy (non-hydrogen) atoms. The molecule has 3 atom stereocenters. The molecule has 172 valence electrons. The summed E-state index contributed by atoms with van der Waals surface area (Å²) in [6.07, 6.45) is 1.24. The van der Waals surface area contributed by atoms with Gasteiger partial charge in [-0.15, -0.1) is 0 Å². The van der Waals surface area contributed by atoms with Crippen LogP contribution in [0.3, 0.4) is 0 Å². The summed E-state index contributed by atoms with van der Waals surface area (Å²) in [5, 5.41) is 2.80. The van der Waals surface area contributed by atoms with Crippen molar-refractivity contribution >= 4 is 17.7 Å². The second kappa shape index (κ2) is 8.72. The molecule has 1 aromatic carbocycles. The molecule has 2 aliphatic rings. The molecule has 1 amide bonds. The standard InChI is InChI=1S/C23H30N4O5/c1-12-8-13(2)11-27(10-12)23-25-21-18(22(29)26-23)15(9-17(28)24-21)14-6-7-16(30-3)20(32-5)19(14)31-4/h6-7,12-13,15H,8-11H2,1-5H3,(H2,24,25,26,28,29). The molecule has 0 aliphatic carbocycles. The van der Waals surface area contributed by atoms with Gasteiger partial charge in [0.25, 0.3) is 5.56 Å². The van der Waals surface area contributed by atoms with E-state index in [1.54, 1.807) is 19.2 Å². The smallest absolute Gasteiger partial charge is 0.258 e. The fourth-order valence-electron chi connectivity index (χ4n) is 5.01. The van der Waals surface area contributed by atoms with Crippen LogP contribution in [0.2, 0.25) is 0 Å². The summed E-state index contributed by atoms with van der Waals surface area (Å²) in [6.45, 7) is 6.01. The van der Waals surface area contributed by atoms with Gasteiger partial charge in [-0.2, -0.15) is 4.98 Å². The quantitative estimate of drug-likeness (QED) is 0.733. The number of aromatic amines is 1. The van der Waals surface area contributed by atoms with Crippen molar-refractivity contribution in [3.63, 3.8) is 0 Å². The molecule has 9 heteroatoms. The largest absolute Gasteiger partial charge is 0.493 e. The van der Waals surface area contributed by atoms with Gasteiger partial charge in [0.2, 0.25) is 17.6 Å². The lowest BCUT2D eigenvalue weighted by Crippen LogP contribution is -2.41. The van der Waals surface area contributed by atoms with Crippen molar-refractivity contribution < 1.29 is 19.0 Å². The summed E-state index contributed by atoms with van der Waals surface area (Å²) in [6, 6.07) is 3.55. The molecule has 0 radical (unpaired) electrons. The number of nitrogens with zero attached hydrogens (tertiary/aromatic N) is 2. The number of piperidine rings is 1. The van der Waals surface area contributed by atoms with Gasteiger partial charge in [-0.3, -0.25) is 14.6 Å². The zero-order valence-electron chi connectivity index (χ0n) is 19.2. The van der Waals surface area contributed by atoms with Crippen LogP contribution in [0, 0.1) is 11.8 Å². The molecule has 1 fully saturated rings. The third-order valence-electron chi connectivity index (χ3n) is 6.22. The number of H-pyrrole nitrogens is 1. The number of fused-ring (bicyclic) bond motifs is 1. The molecule has 1 saturated heterocycles. The minimum atomic E-state index is -0.530. The van der Waals surface area contributed by atoms with Gasteiger partial charge in [0, 0.05) is 31.0 Å². The first-order chi connectivity index (χ1) is 15.4. The summed E-state index contributed by atoms with van der Waals surface area (Å²) in [5.74, 6) is 2.40. The van der Waals surface area contributed by atoms with Gasteiger partial charge in [-0.25, -0.2) is 0 Å². The molecule has 2 aliphatic heterocycles. The zero-order valence-corrected chi connectivity index (χ0v) is 19.2. The van der Waals surface area contributed by atoms with E-state index >= 15 is 0 Å². The number of benzene rings is 1. The third kappa shape index (κ3) is 3.87. The minimum absolute atomic E-state index is 0.0979. The van der Waals surface area contributed by atoms with E-state index in [1.165, 1.54) is 14.2 Å². The summed E-state index contributed by atoms with van der Waals surface area (Å²) < 4.78 is 16.5. The molecular weight excluding hydrogens is 412 g/mol. The van der Waals surface area contributed by atoms with Crippen molar-refractivity contribution in [2.45, 2.75) is 32.6 Å². The number of amides is 1. The Bertz CT molecular complexity index is 1070. The van der Waals surface area contributed by atoms with Crippen LogP contribution >= 0.6 is 0 Å². The Morgan fingerprint density at radius 2 is 1.69 bits per heavy atom. The van der Waals surface area contributed by atoms with Gasteiger partial charge in [0.05, 0.1) is 26.9 Å². The van der Waals surface area contributed by atoms with Crippen molar-refractivity contribution in [1.82, 2.24) is 9.97 Å². The molecular formula is C23H30N4O5. The number of hydrogen-bond donors (Lipinski definition) is 2. The number of anilines is 2. The second-order valence-electron chi connectivity index (χ2n) is 8.73. The predicted octanol–water partition coefficient (Wildman–Crippen LogP) is 2.75. The lowest BCUT2D eigenvalue weighted by Gasteiger charge is -2.36. The topological polar surface area (TPSA) is 106 Å². The van der Waals surface area contributed by atoms with Crippen molar-refractivity contribution in [2.24, 2.45) is 11.8 Å². The number of hydrogen-bond acceptors (Lipinski definition) is 7. The van der Waals surface area contributed by atoms with E-state index in [0.29, 0.717) is 52.0 Å². The Kier molecular flexibility index (Phi) is 5.99.